The summed E-state index contributed by atoms with van der Waals surface area (Å²) in [6.45, 7) is 1.26. The van der Waals surface area contributed by atoms with Gasteiger partial charge in [0.2, 0.25) is 0 Å². The molecule has 1 heterocycles. The molecule has 0 radical (unpaired) electrons. The number of hydrogen-bond donors (Lipinski definition) is 1. The molecule has 0 aliphatic carbocycles. The summed E-state index contributed by atoms with van der Waals surface area (Å²) in [5.74, 6) is -2.32. The molecule has 8 nitrogen and oxygen atoms in total. The number of nitrogens with zero attached hydrogens (tertiary/aromatic N) is 2. The van der Waals surface area contributed by atoms with Crippen LogP contribution in [0.4, 0.5) is 20.2 Å². The van der Waals surface area contributed by atoms with Crippen LogP contribution in [0.15, 0.2) is 40.9 Å². The minimum Gasteiger partial charge on any atom is -0.486 e. The number of halogens is 3. The maximum atomic E-state index is 13.7. The number of non-ortho nitro benzene ring substituents is 1. The van der Waals surface area contributed by atoms with Crippen molar-refractivity contribution in [3.8, 4) is 5.75 Å². The van der Waals surface area contributed by atoms with Gasteiger partial charge in [-0.2, -0.15) is 0 Å². The van der Waals surface area contributed by atoms with Gasteiger partial charge in [0, 0.05) is 18.2 Å². The predicted molar refractivity (Wildman–Crippen MR) is 98.0 cm³/mol. The zero-order valence-electron chi connectivity index (χ0n) is 14.7. The average molecular weight is 424 g/mol. The van der Waals surface area contributed by atoms with Crippen LogP contribution in [0.1, 0.15) is 21.8 Å². The molecule has 11 heteroatoms. The third-order valence-corrected chi connectivity index (χ3v) is 4.19. The molecule has 0 fully saturated rings. The van der Waals surface area contributed by atoms with Gasteiger partial charge in [0.1, 0.15) is 18.2 Å². The quantitative estimate of drug-likeness (QED) is 0.456. The van der Waals surface area contributed by atoms with Crippen LogP contribution in [0.3, 0.4) is 0 Å². The number of nitro benzene ring substituents is 1. The monoisotopic (exact) mass is 423 g/mol. The number of ether oxygens (including phenoxy) is 1. The van der Waals surface area contributed by atoms with Gasteiger partial charge < -0.3 is 14.6 Å². The molecule has 0 atom stereocenters. The number of nitro groups is 1. The Morgan fingerprint density at radius 2 is 2.07 bits per heavy atom. The lowest BCUT2D eigenvalue weighted by Gasteiger charge is -2.09. The highest BCUT2D eigenvalue weighted by atomic mass is 35.5. The summed E-state index contributed by atoms with van der Waals surface area (Å²) in [5, 5.41) is 16.9. The van der Waals surface area contributed by atoms with Gasteiger partial charge in [0.15, 0.2) is 17.3 Å². The number of aryl methyl sites for hydroxylation is 1. The first kappa shape index (κ1) is 20.2. The SMILES string of the molecule is Cc1onc(C(=O)Nc2ccc([N+](=O)[O-])cc2Cl)c1COc1ccc(F)cc1F. The molecule has 29 heavy (non-hydrogen) atoms. The Labute approximate surface area is 167 Å². The summed E-state index contributed by atoms with van der Waals surface area (Å²) in [6, 6.07) is 6.35. The van der Waals surface area contributed by atoms with E-state index in [1.54, 1.807) is 0 Å². The van der Waals surface area contributed by atoms with E-state index in [1.807, 2.05) is 0 Å². The van der Waals surface area contributed by atoms with E-state index in [-0.39, 0.29) is 45.8 Å². The van der Waals surface area contributed by atoms with E-state index >= 15 is 0 Å². The van der Waals surface area contributed by atoms with Crippen molar-refractivity contribution < 1.29 is 27.8 Å². The van der Waals surface area contributed by atoms with Gasteiger partial charge >= 0.3 is 0 Å². The highest BCUT2D eigenvalue weighted by Gasteiger charge is 2.22. The third kappa shape index (κ3) is 4.49. The second kappa shape index (κ2) is 8.23. The first-order valence-corrected chi connectivity index (χ1v) is 8.42. The van der Waals surface area contributed by atoms with Gasteiger partial charge in [-0.15, -0.1) is 0 Å². The second-order valence-corrected chi connectivity index (χ2v) is 6.21. The van der Waals surface area contributed by atoms with Crippen molar-refractivity contribution >= 4 is 28.9 Å². The molecule has 0 saturated heterocycles. The molecule has 1 aromatic heterocycles. The van der Waals surface area contributed by atoms with E-state index in [0.29, 0.717) is 6.07 Å². The van der Waals surface area contributed by atoms with Crippen LogP contribution in [-0.4, -0.2) is 16.0 Å². The van der Waals surface area contributed by atoms with Gasteiger partial charge in [-0.25, -0.2) is 8.78 Å². The molecule has 3 aromatic rings. The van der Waals surface area contributed by atoms with Gasteiger partial charge in [-0.05, 0) is 25.1 Å². The molecule has 3 rings (SSSR count). The summed E-state index contributed by atoms with van der Waals surface area (Å²) in [7, 11) is 0. The van der Waals surface area contributed by atoms with Crippen LogP contribution in [0, 0.1) is 28.7 Å². The number of anilines is 1. The molecule has 0 bridgehead atoms. The highest BCUT2D eigenvalue weighted by Crippen LogP contribution is 2.28. The van der Waals surface area contributed by atoms with Gasteiger partial charge in [0.05, 0.1) is 21.2 Å². The van der Waals surface area contributed by atoms with Crippen molar-refractivity contribution in [1.29, 1.82) is 0 Å². The number of carbonyl (C=O) groups excluding carboxylic acids is 1. The fourth-order valence-electron chi connectivity index (χ4n) is 2.38. The number of nitrogens with one attached hydrogen (secondary N) is 1. The zero-order chi connectivity index (χ0) is 21.1. The zero-order valence-corrected chi connectivity index (χ0v) is 15.5. The van der Waals surface area contributed by atoms with E-state index < -0.39 is 22.5 Å². The van der Waals surface area contributed by atoms with E-state index in [9.17, 15) is 23.7 Å². The van der Waals surface area contributed by atoms with Gasteiger partial charge in [0.25, 0.3) is 11.6 Å². The van der Waals surface area contributed by atoms with Crippen LogP contribution in [-0.2, 0) is 6.61 Å². The third-order valence-electron chi connectivity index (χ3n) is 3.88. The number of rotatable bonds is 6. The van der Waals surface area contributed by atoms with Crippen LogP contribution >= 0.6 is 11.6 Å². The molecule has 0 spiro atoms. The summed E-state index contributed by atoms with van der Waals surface area (Å²) in [4.78, 5) is 22.7. The Bertz CT molecular complexity index is 1100. The molecule has 0 aliphatic rings. The lowest BCUT2D eigenvalue weighted by atomic mass is 10.2. The fraction of sp³-hybridized carbons (Fsp3) is 0.111. The smallest absolute Gasteiger partial charge is 0.278 e. The van der Waals surface area contributed by atoms with Gasteiger partial charge in [-0.3, -0.25) is 14.9 Å². The molecule has 0 saturated carbocycles. The minimum atomic E-state index is -0.900. The van der Waals surface area contributed by atoms with E-state index in [1.165, 1.54) is 19.1 Å². The van der Waals surface area contributed by atoms with E-state index in [0.717, 1.165) is 18.2 Å². The number of aromatic nitrogens is 1. The van der Waals surface area contributed by atoms with Gasteiger partial charge in [-0.1, -0.05) is 16.8 Å². The van der Waals surface area contributed by atoms with Crippen LogP contribution in [0.25, 0.3) is 0 Å². The molecule has 1 N–H and O–H groups in total. The first-order valence-electron chi connectivity index (χ1n) is 8.04. The number of carbonyl (C=O) groups is 1. The number of hydrogen-bond acceptors (Lipinski definition) is 6. The summed E-state index contributed by atoms with van der Waals surface area (Å²) < 4.78 is 37.0. The lowest BCUT2D eigenvalue weighted by Crippen LogP contribution is -2.16. The molecular formula is C18H12ClF2N3O5. The summed E-state index contributed by atoms with van der Waals surface area (Å²) in [5.41, 5.74) is -0.0104. The number of benzene rings is 2. The normalized spacial score (nSPS) is 10.6. The average Bonchev–Trinajstić information content (AvgIpc) is 3.03. The second-order valence-electron chi connectivity index (χ2n) is 5.80. The Balaban J connectivity index is 1.78. The van der Waals surface area contributed by atoms with E-state index in [2.05, 4.69) is 10.5 Å². The molecule has 0 aliphatic heterocycles. The predicted octanol–water partition coefficient (Wildman–Crippen LogP) is 4.65. The van der Waals surface area contributed by atoms with Crippen molar-refractivity contribution in [3.63, 3.8) is 0 Å². The minimum absolute atomic E-state index is 0.0426. The van der Waals surface area contributed by atoms with Crippen LogP contribution in [0.2, 0.25) is 5.02 Å². The van der Waals surface area contributed by atoms with E-state index in [4.69, 9.17) is 20.9 Å². The maximum absolute atomic E-state index is 13.7. The number of amides is 1. The van der Waals surface area contributed by atoms with Crippen molar-refractivity contribution in [2.24, 2.45) is 0 Å². The topological polar surface area (TPSA) is 108 Å². The molecule has 150 valence electrons. The standard InChI is InChI=1S/C18H12ClF2N3O5/c1-9-12(8-28-16-5-2-10(20)6-14(16)21)17(23-29-9)18(25)22-15-4-3-11(24(26)27)7-13(15)19/h2-7H,8H2,1H3,(H,22,25). The highest BCUT2D eigenvalue weighted by molar-refractivity contribution is 6.34. The molecule has 2 aromatic carbocycles. The molecule has 0 unspecified atom stereocenters. The maximum Gasteiger partial charge on any atom is 0.278 e. The fourth-order valence-corrected chi connectivity index (χ4v) is 2.60. The first-order chi connectivity index (χ1) is 13.8. The van der Waals surface area contributed by atoms with Crippen molar-refractivity contribution in [1.82, 2.24) is 5.16 Å². The Hall–Kier alpha value is -3.53. The van der Waals surface area contributed by atoms with Crippen LogP contribution in [0.5, 0.6) is 5.75 Å². The Morgan fingerprint density at radius 3 is 2.72 bits per heavy atom. The molecular weight excluding hydrogens is 412 g/mol. The van der Waals surface area contributed by atoms with Crippen molar-refractivity contribution in [2.75, 3.05) is 5.32 Å². The van der Waals surface area contributed by atoms with Crippen LogP contribution < -0.4 is 10.1 Å². The van der Waals surface area contributed by atoms with Crippen molar-refractivity contribution in [2.45, 2.75) is 13.5 Å². The summed E-state index contributed by atoms with van der Waals surface area (Å²) in [6.07, 6.45) is 0. The Morgan fingerprint density at radius 1 is 1.31 bits per heavy atom. The van der Waals surface area contributed by atoms with Crippen molar-refractivity contribution in [3.05, 3.63) is 80.2 Å². The Kier molecular flexibility index (Phi) is 5.74. The lowest BCUT2D eigenvalue weighted by molar-refractivity contribution is -0.384. The largest absolute Gasteiger partial charge is 0.486 e. The summed E-state index contributed by atoms with van der Waals surface area (Å²) >= 11 is 5.96. The molecule has 1 amide bonds.